The first-order valence-corrected chi connectivity index (χ1v) is 9.99. The third kappa shape index (κ3) is 8.41. The molecule has 25 heavy (non-hydrogen) atoms. The highest BCUT2D eigenvalue weighted by molar-refractivity contribution is 6.60. The van der Waals surface area contributed by atoms with E-state index < -0.39 is 14.8 Å². The summed E-state index contributed by atoms with van der Waals surface area (Å²) in [5.74, 6) is -1.54. The second-order valence-electron chi connectivity index (χ2n) is 5.36. The summed E-state index contributed by atoms with van der Waals surface area (Å²) in [5, 5.41) is 0. The molecule has 0 aromatic heterocycles. The Bertz CT molecular complexity index is 385. The number of hydrogen-bond acceptors (Lipinski definition) is 8. The molecule has 0 atom stereocenters. The van der Waals surface area contributed by atoms with E-state index in [1.54, 1.807) is 21.1 Å². The zero-order valence-corrected chi connectivity index (χ0v) is 17.2. The Morgan fingerprint density at radius 2 is 1.48 bits per heavy atom. The fraction of sp³-hybridized carbons (Fsp3) is 0.812. The highest BCUT2D eigenvalue weighted by atomic mass is 28.4. The largest absolute Gasteiger partial charge is 0.500 e. The summed E-state index contributed by atoms with van der Waals surface area (Å²) in [4.78, 5) is 11.3. The lowest BCUT2D eigenvalue weighted by Gasteiger charge is -2.32. The van der Waals surface area contributed by atoms with E-state index >= 15 is 0 Å². The van der Waals surface area contributed by atoms with Gasteiger partial charge < -0.3 is 32.2 Å². The topological polar surface area (TPSA) is 81.7 Å². The number of esters is 1. The number of rotatable bonds is 15. The molecular formula is C16H32O8Si. The molecule has 0 aliphatic heterocycles. The number of unbranched alkanes of at least 4 members (excludes halogenated alkanes) is 1. The normalized spacial score (nSPS) is 12.2. The van der Waals surface area contributed by atoms with Crippen LogP contribution in [0.3, 0.4) is 0 Å². The van der Waals surface area contributed by atoms with E-state index in [1.807, 2.05) is 0 Å². The van der Waals surface area contributed by atoms with Gasteiger partial charge in [0, 0.05) is 60.2 Å². The highest BCUT2D eigenvalue weighted by Gasteiger charge is 2.43. The van der Waals surface area contributed by atoms with Crippen molar-refractivity contribution in [1.29, 1.82) is 0 Å². The van der Waals surface area contributed by atoms with Crippen LogP contribution in [0.15, 0.2) is 12.2 Å². The first kappa shape index (κ1) is 24.2. The van der Waals surface area contributed by atoms with Gasteiger partial charge in [0.1, 0.15) is 0 Å². The van der Waals surface area contributed by atoms with Crippen LogP contribution in [0.5, 0.6) is 0 Å². The molecular weight excluding hydrogens is 348 g/mol. The quantitative estimate of drug-likeness (QED) is 0.140. The van der Waals surface area contributed by atoms with Gasteiger partial charge in [-0.05, 0) is 19.8 Å². The van der Waals surface area contributed by atoms with Crippen molar-refractivity contribution in [2.45, 2.75) is 38.2 Å². The van der Waals surface area contributed by atoms with E-state index in [-0.39, 0.29) is 5.97 Å². The molecule has 0 bridgehead atoms. The maximum absolute atomic E-state index is 11.3. The minimum absolute atomic E-state index is 0.323. The smallest absolute Gasteiger partial charge is 0.462 e. The van der Waals surface area contributed by atoms with Crippen molar-refractivity contribution in [3.05, 3.63) is 12.2 Å². The van der Waals surface area contributed by atoms with Crippen molar-refractivity contribution in [2.24, 2.45) is 0 Å². The fourth-order valence-electron chi connectivity index (χ4n) is 2.06. The number of ether oxygens (including phenoxy) is 4. The second-order valence-corrected chi connectivity index (χ2v) is 8.33. The third-order valence-corrected chi connectivity index (χ3v) is 6.49. The molecule has 0 spiro atoms. The summed E-state index contributed by atoms with van der Waals surface area (Å²) in [7, 11) is 4.75. The Kier molecular flexibility index (Phi) is 12.1. The van der Waals surface area contributed by atoms with Gasteiger partial charge >= 0.3 is 14.8 Å². The van der Waals surface area contributed by atoms with Crippen LogP contribution in [0.25, 0.3) is 0 Å². The molecule has 0 aliphatic carbocycles. The molecule has 0 saturated heterocycles. The standard InChI is InChI=1S/C16H32O8Si/c1-14(2)15(17)23-11-8-9-12-24-25(21-6,22-7)13-10-16(18-3,19-4)20-5/h1,8-13H2,2-7H3. The first-order valence-electron chi connectivity index (χ1n) is 8.06. The zero-order chi connectivity index (χ0) is 19.3. The van der Waals surface area contributed by atoms with Gasteiger partial charge in [0.15, 0.2) is 0 Å². The van der Waals surface area contributed by atoms with Crippen molar-refractivity contribution in [3.63, 3.8) is 0 Å². The van der Waals surface area contributed by atoms with Gasteiger partial charge in [-0.3, -0.25) is 0 Å². The van der Waals surface area contributed by atoms with Crippen LogP contribution in [0.2, 0.25) is 6.04 Å². The lowest BCUT2D eigenvalue weighted by molar-refractivity contribution is -0.353. The van der Waals surface area contributed by atoms with Crippen molar-refractivity contribution < 1.29 is 37.0 Å². The molecule has 148 valence electrons. The summed E-state index contributed by atoms with van der Waals surface area (Å²) >= 11 is 0. The molecule has 0 rings (SSSR count). The summed E-state index contributed by atoms with van der Waals surface area (Å²) in [5.41, 5.74) is 0.388. The fourth-order valence-corrected chi connectivity index (χ4v) is 4.08. The van der Waals surface area contributed by atoms with Gasteiger partial charge in [0.05, 0.1) is 6.61 Å². The van der Waals surface area contributed by atoms with Gasteiger partial charge in [-0.2, -0.15) is 0 Å². The number of methoxy groups -OCH3 is 3. The second kappa shape index (κ2) is 12.5. The van der Waals surface area contributed by atoms with Crippen molar-refractivity contribution in [3.8, 4) is 0 Å². The summed E-state index contributed by atoms with van der Waals surface area (Å²) in [6, 6.07) is 0.458. The maximum atomic E-state index is 11.3. The minimum atomic E-state index is -2.86. The number of hydrogen-bond donors (Lipinski definition) is 0. The first-order chi connectivity index (χ1) is 11.8. The van der Waals surface area contributed by atoms with Crippen LogP contribution in [-0.4, -0.2) is 69.5 Å². The number of carbonyl (C=O) groups is 1. The van der Waals surface area contributed by atoms with Crippen LogP contribution in [0.1, 0.15) is 26.2 Å². The van der Waals surface area contributed by atoms with E-state index in [0.29, 0.717) is 44.1 Å². The molecule has 0 saturated carbocycles. The zero-order valence-electron chi connectivity index (χ0n) is 16.2. The molecule has 0 aliphatic rings. The molecule has 0 unspecified atom stereocenters. The average molecular weight is 381 g/mol. The Balaban J connectivity index is 4.35. The van der Waals surface area contributed by atoms with E-state index in [9.17, 15) is 4.79 Å². The van der Waals surface area contributed by atoms with Gasteiger partial charge in [-0.15, -0.1) is 0 Å². The molecule has 0 fully saturated rings. The molecule has 9 heteroatoms. The van der Waals surface area contributed by atoms with Crippen molar-refractivity contribution in [1.82, 2.24) is 0 Å². The van der Waals surface area contributed by atoms with Crippen LogP contribution in [-0.2, 0) is 37.0 Å². The van der Waals surface area contributed by atoms with Crippen LogP contribution in [0.4, 0.5) is 0 Å². The summed E-state index contributed by atoms with van der Waals surface area (Å²) in [6.45, 7) is 5.89. The predicted octanol–water partition coefficient (Wildman–Crippen LogP) is 2.12. The Morgan fingerprint density at radius 1 is 0.960 bits per heavy atom. The van der Waals surface area contributed by atoms with E-state index in [4.69, 9.17) is 32.2 Å². The monoisotopic (exact) mass is 380 g/mol. The van der Waals surface area contributed by atoms with E-state index in [0.717, 1.165) is 0 Å². The van der Waals surface area contributed by atoms with E-state index in [2.05, 4.69) is 6.58 Å². The molecule has 0 aromatic carbocycles. The maximum Gasteiger partial charge on any atom is 0.500 e. The van der Waals surface area contributed by atoms with Gasteiger partial charge in [-0.25, -0.2) is 4.79 Å². The SMILES string of the molecule is C=C(C)C(=O)OCCCCO[Si](CCC(OC)(OC)OC)(OC)OC. The lowest BCUT2D eigenvalue weighted by atomic mass is 10.3. The summed E-state index contributed by atoms with van der Waals surface area (Å²) in [6.07, 6.45) is 1.77. The average Bonchev–Trinajstić information content (AvgIpc) is 2.64. The van der Waals surface area contributed by atoms with Gasteiger partial charge in [0.2, 0.25) is 0 Å². The highest BCUT2D eigenvalue weighted by Crippen LogP contribution is 2.26. The van der Waals surface area contributed by atoms with Crippen LogP contribution < -0.4 is 0 Å². The Labute approximate surface area is 151 Å². The molecule has 0 amide bonds. The third-order valence-electron chi connectivity index (χ3n) is 3.73. The van der Waals surface area contributed by atoms with Crippen molar-refractivity contribution >= 4 is 14.8 Å². The van der Waals surface area contributed by atoms with Gasteiger partial charge in [-0.1, -0.05) is 6.58 Å². The van der Waals surface area contributed by atoms with E-state index in [1.165, 1.54) is 21.3 Å². The lowest BCUT2D eigenvalue weighted by Crippen LogP contribution is -2.47. The Hall–Kier alpha value is -0.813. The minimum Gasteiger partial charge on any atom is -0.462 e. The molecule has 0 heterocycles. The van der Waals surface area contributed by atoms with Crippen LogP contribution >= 0.6 is 0 Å². The molecule has 8 nitrogen and oxygen atoms in total. The Morgan fingerprint density at radius 3 is 1.92 bits per heavy atom. The molecule has 0 N–H and O–H groups in total. The van der Waals surface area contributed by atoms with Crippen molar-refractivity contribution in [2.75, 3.05) is 48.8 Å². The molecule has 0 aromatic rings. The summed E-state index contributed by atoms with van der Waals surface area (Å²) < 4.78 is 37.8. The molecule has 0 radical (unpaired) electrons. The van der Waals surface area contributed by atoms with Gasteiger partial charge in [0.25, 0.3) is 5.97 Å². The van der Waals surface area contributed by atoms with Crippen LogP contribution in [0, 0.1) is 0 Å². The number of carbonyl (C=O) groups excluding carboxylic acids is 1. The predicted molar refractivity (Wildman–Crippen MR) is 93.9 cm³/mol.